The van der Waals surface area contributed by atoms with Crippen molar-refractivity contribution in [2.45, 2.75) is 20.1 Å². The minimum Gasteiger partial charge on any atom is -0.426 e. The number of carbonyl (C=O) groups is 1. The van der Waals surface area contributed by atoms with Crippen LogP contribution >= 0.6 is 0 Å². The summed E-state index contributed by atoms with van der Waals surface area (Å²) in [4.78, 5) is 11.1. The number of anilines is 1. The molecule has 1 unspecified atom stereocenters. The highest BCUT2D eigenvalue weighted by Gasteiger charge is 2.06. The van der Waals surface area contributed by atoms with Crippen molar-refractivity contribution in [2.24, 2.45) is 0 Å². The van der Waals surface area contributed by atoms with Crippen molar-refractivity contribution in [3.05, 3.63) is 30.3 Å². The molecule has 0 heterocycles. The zero-order valence-corrected chi connectivity index (χ0v) is 8.99. The van der Waals surface area contributed by atoms with Gasteiger partial charge in [-0.1, -0.05) is 18.2 Å². The molecule has 2 N–H and O–H groups in total. The summed E-state index contributed by atoms with van der Waals surface area (Å²) in [6.07, 6.45) is -0.757. The van der Waals surface area contributed by atoms with E-state index >= 15 is 0 Å². The number of carbonyl (C=O) groups excluding carboxylic acids is 1. The highest BCUT2D eigenvalue weighted by atomic mass is 16.6. The van der Waals surface area contributed by atoms with E-state index in [1.165, 1.54) is 0 Å². The third-order valence-electron chi connectivity index (χ3n) is 1.75. The van der Waals surface area contributed by atoms with Gasteiger partial charge in [0.2, 0.25) is 0 Å². The fourth-order valence-corrected chi connectivity index (χ4v) is 1.15. The van der Waals surface area contributed by atoms with Crippen LogP contribution in [-0.2, 0) is 4.74 Å². The molecule has 1 atom stereocenters. The molecule has 1 aromatic carbocycles. The van der Waals surface area contributed by atoms with Gasteiger partial charge in [-0.3, -0.25) is 0 Å². The Balaban J connectivity index is 2.36. The Morgan fingerprint density at radius 2 is 2.07 bits per heavy atom. The average molecular weight is 208 g/mol. The van der Waals surface area contributed by atoms with Crippen LogP contribution in [0.5, 0.6) is 0 Å². The lowest BCUT2D eigenvalue weighted by atomic mass is 10.3. The number of rotatable bonds is 4. The number of amides is 1. The monoisotopic (exact) mass is 208 g/mol. The van der Waals surface area contributed by atoms with Crippen LogP contribution in [-0.4, -0.2) is 18.9 Å². The van der Waals surface area contributed by atoms with Crippen LogP contribution in [0.15, 0.2) is 30.3 Å². The van der Waals surface area contributed by atoms with Gasteiger partial charge < -0.3 is 15.4 Å². The van der Waals surface area contributed by atoms with E-state index in [0.29, 0.717) is 6.54 Å². The number of hydrogen-bond acceptors (Lipinski definition) is 3. The first-order chi connectivity index (χ1) is 7.22. The van der Waals surface area contributed by atoms with Gasteiger partial charge in [0.25, 0.3) is 0 Å². The van der Waals surface area contributed by atoms with Crippen LogP contribution in [0.25, 0.3) is 0 Å². The van der Waals surface area contributed by atoms with Crippen molar-refractivity contribution in [2.75, 3.05) is 11.9 Å². The van der Waals surface area contributed by atoms with E-state index < -0.39 is 6.09 Å². The minimum absolute atomic E-state index is 0.348. The van der Waals surface area contributed by atoms with Crippen LogP contribution in [0.4, 0.5) is 10.5 Å². The van der Waals surface area contributed by atoms with Crippen molar-refractivity contribution >= 4 is 11.8 Å². The minimum atomic E-state index is -0.409. The van der Waals surface area contributed by atoms with Crippen LogP contribution < -0.4 is 10.6 Å². The van der Waals surface area contributed by atoms with Crippen LogP contribution in [0.3, 0.4) is 0 Å². The quantitative estimate of drug-likeness (QED) is 0.746. The molecule has 0 fully saturated rings. The number of nitrogens with one attached hydrogen (secondary N) is 2. The van der Waals surface area contributed by atoms with Crippen molar-refractivity contribution in [3.63, 3.8) is 0 Å². The smallest absolute Gasteiger partial charge is 0.409 e. The van der Waals surface area contributed by atoms with E-state index in [-0.39, 0.29) is 6.23 Å². The number of hydrogen-bond donors (Lipinski definition) is 2. The molecule has 0 radical (unpaired) electrons. The average Bonchev–Trinajstić information content (AvgIpc) is 2.19. The maximum absolute atomic E-state index is 11.1. The first kappa shape index (κ1) is 11.4. The van der Waals surface area contributed by atoms with Crippen LogP contribution in [0, 0.1) is 0 Å². The van der Waals surface area contributed by atoms with Gasteiger partial charge >= 0.3 is 6.09 Å². The van der Waals surface area contributed by atoms with E-state index in [0.717, 1.165) is 5.69 Å². The second-order valence-corrected chi connectivity index (χ2v) is 3.09. The van der Waals surface area contributed by atoms with Crippen LogP contribution in [0.2, 0.25) is 0 Å². The van der Waals surface area contributed by atoms with E-state index in [9.17, 15) is 4.79 Å². The second kappa shape index (κ2) is 5.90. The Morgan fingerprint density at radius 1 is 1.40 bits per heavy atom. The molecule has 0 aliphatic carbocycles. The predicted molar refractivity (Wildman–Crippen MR) is 59.7 cm³/mol. The van der Waals surface area contributed by atoms with Gasteiger partial charge in [0.05, 0.1) is 0 Å². The van der Waals surface area contributed by atoms with Crippen molar-refractivity contribution in [1.82, 2.24) is 5.32 Å². The van der Waals surface area contributed by atoms with Gasteiger partial charge in [-0.05, 0) is 26.0 Å². The number of ether oxygens (including phenoxy) is 1. The molecule has 0 bridgehead atoms. The highest BCUT2D eigenvalue weighted by Crippen LogP contribution is 2.07. The normalized spacial score (nSPS) is 11.6. The third kappa shape index (κ3) is 4.35. The molecule has 0 aromatic heterocycles. The summed E-state index contributed by atoms with van der Waals surface area (Å²) in [5, 5.41) is 5.61. The number of alkyl carbamates (subject to hydrolysis) is 1. The van der Waals surface area contributed by atoms with Crippen molar-refractivity contribution in [3.8, 4) is 0 Å². The van der Waals surface area contributed by atoms with Gasteiger partial charge in [-0.15, -0.1) is 0 Å². The first-order valence-electron chi connectivity index (χ1n) is 4.98. The summed E-state index contributed by atoms with van der Waals surface area (Å²) in [5.74, 6) is 0. The van der Waals surface area contributed by atoms with Crippen molar-refractivity contribution < 1.29 is 9.53 Å². The molecular formula is C11H16N2O2. The lowest BCUT2D eigenvalue weighted by molar-refractivity contribution is 0.120. The molecule has 1 aromatic rings. The van der Waals surface area contributed by atoms with E-state index in [4.69, 9.17) is 4.74 Å². The summed E-state index contributed by atoms with van der Waals surface area (Å²) < 4.78 is 5.03. The van der Waals surface area contributed by atoms with E-state index in [2.05, 4.69) is 10.6 Å². The highest BCUT2D eigenvalue weighted by molar-refractivity contribution is 5.67. The molecule has 15 heavy (non-hydrogen) atoms. The summed E-state index contributed by atoms with van der Waals surface area (Å²) in [6, 6.07) is 9.60. The second-order valence-electron chi connectivity index (χ2n) is 3.09. The largest absolute Gasteiger partial charge is 0.426 e. The molecule has 0 saturated carbocycles. The summed E-state index contributed by atoms with van der Waals surface area (Å²) in [7, 11) is 0. The lowest BCUT2D eigenvalue weighted by Crippen LogP contribution is -2.31. The Hall–Kier alpha value is -1.71. The maximum Gasteiger partial charge on any atom is 0.409 e. The van der Waals surface area contributed by atoms with Gasteiger partial charge in [-0.2, -0.15) is 0 Å². The Bertz CT molecular complexity index is 301. The Morgan fingerprint density at radius 3 is 2.67 bits per heavy atom. The van der Waals surface area contributed by atoms with Gasteiger partial charge in [0, 0.05) is 12.2 Å². The van der Waals surface area contributed by atoms with Gasteiger partial charge in [-0.25, -0.2) is 4.79 Å². The Labute approximate surface area is 89.6 Å². The molecule has 0 saturated heterocycles. The topological polar surface area (TPSA) is 50.4 Å². The zero-order valence-electron chi connectivity index (χ0n) is 8.99. The molecule has 82 valence electrons. The summed E-state index contributed by atoms with van der Waals surface area (Å²) >= 11 is 0. The number of para-hydroxylation sites is 1. The fourth-order valence-electron chi connectivity index (χ4n) is 1.15. The molecule has 0 aliphatic rings. The molecule has 4 nitrogen and oxygen atoms in total. The van der Waals surface area contributed by atoms with Gasteiger partial charge in [0.15, 0.2) is 6.23 Å². The first-order valence-corrected chi connectivity index (χ1v) is 4.98. The SMILES string of the molecule is CCNC(=O)OC(C)Nc1ccccc1. The lowest BCUT2D eigenvalue weighted by Gasteiger charge is -2.15. The third-order valence-corrected chi connectivity index (χ3v) is 1.75. The molecule has 1 amide bonds. The van der Waals surface area contributed by atoms with E-state index in [1.807, 2.05) is 37.3 Å². The molecule has 0 aliphatic heterocycles. The molecule has 0 spiro atoms. The van der Waals surface area contributed by atoms with Gasteiger partial charge in [0.1, 0.15) is 0 Å². The summed E-state index contributed by atoms with van der Waals surface area (Å²) in [6.45, 7) is 4.19. The Kier molecular flexibility index (Phi) is 4.47. The standard InChI is InChI=1S/C11H16N2O2/c1-3-12-11(14)15-9(2)13-10-7-5-4-6-8-10/h4-9,13H,3H2,1-2H3,(H,12,14). The fraction of sp³-hybridized carbons (Fsp3) is 0.364. The van der Waals surface area contributed by atoms with Crippen LogP contribution in [0.1, 0.15) is 13.8 Å². The zero-order chi connectivity index (χ0) is 11.1. The molecule has 4 heteroatoms. The summed E-state index contributed by atoms with van der Waals surface area (Å²) in [5.41, 5.74) is 0.925. The molecular weight excluding hydrogens is 192 g/mol. The van der Waals surface area contributed by atoms with Crippen molar-refractivity contribution in [1.29, 1.82) is 0 Å². The molecule has 1 rings (SSSR count). The number of benzene rings is 1. The maximum atomic E-state index is 11.1. The van der Waals surface area contributed by atoms with E-state index in [1.54, 1.807) is 6.92 Å². The predicted octanol–water partition coefficient (Wildman–Crippen LogP) is 2.19.